The summed E-state index contributed by atoms with van der Waals surface area (Å²) >= 11 is 3.60. The van der Waals surface area contributed by atoms with E-state index in [1.807, 2.05) is 17.7 Å². The van der Waals surface area contributed by atoms with Crippen LogP contribution < -0.4 is 0 Å². The quantitative estimate of drug-likeness (QED) is 0.946. The minimum absolute atomic E-state index is 0.439. The van der Waals surface area contributed by atoms with Crippen molar-refractivity contribution >= 4 is 15.9 Å². The zero-order valence-corrected chi connectivity index (χ0v) is 11.8. The molecule has 1 aromatic carbocycles. The number of benzene rings is 1. The van der Waals surface area contributed by atoms with Crippen molar-refractivity contribution in [3.63, 3.8) is 0 Å². The lowest BCUT2D eigenvalue weighted by Crippen LogP contribution is -2.10. The predicted molar refractivity (Wildman–Crippen MR) is 73.9 cm³/mol. The summed E-state index contributed by atoms with van der Waals surface area (Å²) in [5.74, 6) is 0.962. The molecule has 0 radical (unpaired) electrons. The summed E-state index contributed by atoms with van der Waals surface area (Å²) < 4.78 is 3.07. The number of hydrogen-bond acceptors (Lipinski definition) is 2. The van der Waals surface area contributed by atoms with Crippen LogP contribution in [-0.2, 0) is 6.42 Å². The van der Waals surface area contributed by atoms with Gasteiger partial charge < -0.3 is 9.67 Å². The van der Waals surface area contributed by atoms with Crippen LogP contribution in [0, 0.1) is 6.92 Å². The van der Waals surface area contributed by atoms with Gasteiger partial charge in [0.1, 0.15) is 5.82 Å². The molecule has 4 heteroatoms. The van der Waals surface area contributed by atoms with Crippen molar-refractivity contribution < 1.29 is 5.11 Å². The van der Waals surface area contributed by atoms with E-state index in [0.717, 1.165) is 35.2 Å². The number of rotatable bonds is 3. The Kier molecular flexibility index (Phi) is 2.79. The molecule has 1 aliphatic carbocycles. The molecule has 0 bridgehead atoms. The van der Waals surface area contributed by atoms with Crippen LogP contribution in [0.15, 0.2) is 35.1 Å². The third-order valence-corrected chi connectivity index (χ3v) is 4.09. The molecule has 0 atom stereocenters. The first-order valence-electron chi connectivity index (χ1n) is 6.09. The molecule has 1 aromatic heterocycles. The SMILES string of the molecule is Cc1nccn1-c1ccc(CC2(O)CC2)cc1Br. The van der Waals surface area contributed by atoms with E-state index in [1.165, 1.54) is 5.56 Å². The predicted octanol–water partition coefficient (Wildman–Crippen LogP) is 3.01. The second-order valence-electron chi connectivity index (χ2n) is 5.03. The number of imidazole rings is 1. The van der Waals surface area contributed by atoms with Crippen LogP contribution in [0.4, 0.5) is 0 Å². The molecule has 1 heterocycles. The first-order chi connectivity index (χ1) is 8.57. The Hall–Kier alpha value is -1.13. The Morgan fingerprint density at radius 2 is 2.22 bits per heavy atom. The molecule has 1 aliphatic rings. The maximum atomic E-state index is 9.94. The number of aliphatic hydroxyl groups is 1. The van der Waals surface area contributed by atoms with Crippen molar-refractivity contribution in [2.75, 3.05) is 0 Å². The molecule has 0 saturated heterocycles. The zero-order valence-electron chi connectivity index (χ0n) is 10.2. The van der Waals surface area contributed by atoms with E-state index in [-0.39, 0.29) is 0 Å². The monoisotopic (exact) mass is 306 g/mol. The van der Waals surface area contributed by atoms with Gasteiger partial charge in [-0.15, -0.1) is 0 Å². The third kappa shape index (κ3) is 2.22. The van der Waals surface area contributed by atoms with E-state index < -0.39 is 5.60 Å². The summed E-state index contributed by atoms with van der Waals surface area (Å²) in [5, 5.41) is 9.94. The molecule has 1 N–H and O–H groups in total. The molecule has 1 saturated carbocycles. The summed E-state index contributed by atoms with van der Waals surface area (Å²) in [6, 6.07) is 6.24. The Balaban J connectivity index is 1.92. The fraction of sp³-hybridized carbons (Fsp3) is 0.357. The topological polar surface area (TPSA) is 38.0 Å². The molecule has 18 heavy (non-hydrogen) atoms. The van der Waals surface area contributed by atoms with Crippen LogP contribution in [0.3, 0.4) is 0 Å². The van der Waals surface area contributed by atoms with Gasteiger partial charge in [-0.3, -0.25) is 0 Å². The minimum Gasteiger partial charge on any atom is -0.390 e. The number of halogens is 1. The molecule has 0 spiro atoms. The van der Waals surface area contributed by atoms with Gasteiger partial charge in [0, 0.05) is 23.3 Å². The summed E-state index contributed by atoms with van der Waals surface area (Å²) in [5.41, 5.74) is 1.81. The highest BCUT2D eigenvalue weighted by Gasteiger charge is 2.40. The molecule has 0 aliphatic heterocycles. The van der Waals surface area contributed by atoms with Crippen LogP contribution in [0.5, 0.6) is 0 Å². The van der Waals surface area contributed by atoms with Gasteiger partial charge in [0.25, 0.3) is 0 Å². The minimum atomic E-state index is -0.439. The third-order valence-electron chi connectivity index (χ3n) is 3.46. The number of aryl methyl sites for hydroxylation is 1. The highest BCUT2D eigenvalue weighted by atomic mass is 79.9. The molecule has 0 unspecified atom stereocenters. The molecule has 3 nitrogen and oxygen atoms in total. The van der Waals surface area contributed by atoms with Gasteiger partial charge in [-0.1, -0.05) is 6.07 Å². The van der Waals surface area contributed by atoms with E-state index >= 15 is 0 Å². The van der Waals surface area contributed by atoms with E-state index in [2.05, 4.69) is 39.1 Å². The Bertz CT molecular complexity index is 587. The van der Waals surface area contributed by atoms with Crippen LogP contribution >= 0.6 is 15.9 Å². The van der Waals surface area contributed by atoms with Gasteiger partial charge in [0.2, 0.25) is 0 Å². The largest absolute Gasteiger partial charge is 0.390 e. The lowest BCUT2D eigenvalue weighted by Gasteiger charge is -2.12. The second-order valence-corrected chi connectivity index (χ2v) is 5.89. The fourth-order valence-corrected chi connectivity index (χ4v) is 2.81. The van der Waals surface area contributed by atoms with Gasteiger partial charge in [-0.25, -0.2) is 4.98 Å². The van der Waals surface area contributed by atoms with Crippen molar-refractivity contribution in [3.8, 4) is 5.69 Å². The zero-order chi connectivity index (χ0) is 12.8. The van der Waals surface area contributed by atoms with Crippen molar-refractivity contribution in [1.29, 1.82) is 0 Å². The lowest BCUT2D eigenvalue weighted by atomic mass is 10.1. The second kappa shape index (κ2) is 4.21. The first-order valence-corrected chi connectivity index (χ1v) is 6.88. The van der Waals surface area contributed by atoms with Crippen LogP contribution in [0.2, 0.25) is 0 Å². The normalized spacial score (nSPS) is 16.8. The fourth-order valence-electron chi connectivity index (χ4n) is 2.19. The van der Waals surface area contributed by atoms with Crippen molar-refractivity contribution in [3.05, 3.63) is 46.5 Å². The maximum absolute atomic E-state index is 9.94. The lowest BCUT2D eigenvalue weighted by molar-refractivity contribution is 0.151. The maximum Gasteiger partial charge on any atom is 0.110 e. The van der Waals surface area contributed by atoms with Crippen LogP contribution in [-0.4, -0.2) is 20.3 Å². The molecular formula is C14H15BrN2O. The molecule has 0 amide bonds. The Morgan fingerprint density at radius 1 is 1.44 bits per heavy atom. The van der Waals surface area contributed by atoms with E-state index in [4.69, 9.17) is 0 Å². The average molecular weight is 307 g/mol. The molecular weight excluding hydrogens is 292 g/mol. The number of hydrogen-bond donors (Lipinski definition) is 1. The number of aromatic nitrogens is 2. The highest BCUT2D eigenvalue weighted by molar-refractivity contribution is 9.10. The van der Waals surface area contributed by atoms with Gasteiger partial charge in [-0.05, 0) is 53.4 Å². The molecule has 1 fully saturated rings. The number of nitrogens with zero attached hydrogens (tertiary/aromatic N) is 2. The van der Waals surface area contributed by atoms with E-state index in [0.29, 0.717) is 0 Å². The summed E-state index contributed by atoms with van der Waals surface area (Å²) in [7, 11) is 0. The van der Waals surface area contributed by atoms with Crippen molar-refractivity contribution in [1.82, 2.24) is 9.55 Å². The van der Waals surface area contributed by atoms with Crippen molar-refractivity contribution in [2.24, 2.45) is 0 Å². The summed E-state index contributed by atoms with van der Waals surface area (Å²) in [4.78, 5) is 4.23. The smallest absolute Gasteiger partial charge is 0.110 e. The van der Waals surface area contributed by atoms with Crippen molar-refractivity contribution in [2.45, 2.75) is 31.8 Å². The first kappa shape index (κ1) is 11.9. The van der Waals surface area contributed by atoms with E-state index in [9.17, 15) is 5.11 Å². The summed E-state index contributed by atoms with van der Waals surface area (Å²) in [6.45, 7) is 1.98. The van der Waals surface area contributed by atoms with E-state index in [1.54, 1.807) is 6.20 Å². The van der Waals surface area contributed by atoms with Crippen LogP contribution in [0.25, 0.3) is 5.69 Å². The van der Waals surface area contributed by atoms with Gasteiger partial charge in [-0.2, -0.15) is 0 Å². The van der Waals surface area contributed by atoms with Gasteiger partial charge in [0.05, 0.1) is 11.3 Å². The average Bonchev–Trinajstić information content (AvgIpc) is 2.87. The molecule has 3 rings (SSSR count). The summed E-state index contributed by atoms with van der Waals surface area (Å²) in [6.07, 6.45) is 6.33. The van der Waals surface area contributed by atoms with Gasteiger partial charge in [0.15, 0.2) is 0 Å². The standard InChI is InChI=1S/C14H15BrN2O/c1-10-16-6-7-17(10)13-3-2-11(8-12(13)15)9-14(18)4-5-14/h2-3,6-8,18H,4-5,9H2,1H3. The van der Waals surface area contributed by atoms with Crippen LogP contribution in [0.1, 0.15) is 24.2 Å². The Labute approximate surface area is 115 Å². The molecule has 94 valence electrons. The molecule has 2 aromatic rings. The Morgan fingerprint density at radius 3 is 2.78 bits per heavy atom. The van der Waals surface area contributed by atoms with Gasteiger partial charge >= 0.3 is 0 Å². The highest BCUT2D eigenvalue weighted by Crippen LogP contribution is 2.39.